The molecule has 8 heterocycles. The average molecular weight is 1080 g/mol. The van der Waals surface area contributed by atoms with Crippen molar-refractivity contribution >= 4 is 42.1 Å². The summed E-state index contributed by atoms with van der Waals surface area (Å²) in [5, 5.41) is 27.7. The number of aliphatic hydroxyl groups is 1. The number of nitrogens with one attached hydrogen (secondary N) is 2. The van der Waals surface area contributed by atoms with Crippen LogP contribution >= 0.6 is 0 Å². The highest BCUT2D eigenvalue weighted by Gasteiger charge is 2.45. The van der Waals surface area contributed by atoms with E-state index in [2.05, 4.69) is 34.8 Å². The molecule has 404 valence electrons. The molecule has 2 aromatic carbocycles. The molecule has 4 aromatic heterocycles. The van der Waals surface area contributed by atoms with Gasteiger partial charge in [0.2, 0.25) is 20.0 Å². The van der Waals surface area contributed by atoms with E-state index in [1.807, 2.05) is 27.7 Å². The molecule has 10 rings (SSSR count). The van der Waals surface area contributed by atoms with Crippen LogP contribution in [0.1, 0.15) is 51.9 Å². The Morgan fingerprint density at radius 2 is 1.08 bits per heavy atom. The van der Waals surface area contributed by atoms with Gasteiger partial charge in [0.15, 0.2) is 11.0 Å². The molecule has 0 bridgehead atoms. The molecule has 0 atom stereocenters. The molecule has 0 radical (unpaired) electrons. The van der Waals surface area contributed by atoms with Crippen LogP contribution in [0.25, 0.3) is 44.8 Å². The Kier molecular flexibility index (Phi) is 15.5. The molecule has 4 fully saturated rings. The van der Waals surface area contributed by atoms with E-state index in [9.17, 15) is 41.6 Å². The van der Waals surface area contributed by atoms with Gasteiger partial charge in [-0.1, -0.05) is 26.7 Å². The van der Waals surface area contributed by atoms with Crippen LogP contribution < -0.4 is 20.6 Å². The van der Waals surface area contributed by atoms with E-state index in [0.29, 0.717) is 116 Å². The molecule has 75 heavy (non-hydrogen) atoms. The molecule has 0 saturated carbocycles. The van der Waals surface area contributed by atoms with Crippen LogP contribution in [0.2, 0.25) is 0 Å². The molecule has 4 aliphatic rings. The molecular weight excluding hydrogens is 1010 g/mol. The molecule has 4 saturated heterocycles. The number of fused-ring (bicyclic) bond motifs is 2. The second-order valence-corrected chi connectivity index (χ2v) is 23.2. The standard InChI is InChI=1S/C24H31N7O7S.C24H32N6O5S/c1-4-6-19-21-22(28(3)27-19)24(32)26-23(25-21)18-9-17(7-8-20(18)37-5-2)39(35,36)30-12-16(13-30)29-10-15(11-29)14-38-31(33)34;1-4-6-19-21-22(28(3)27-19)24(32)26-23(25-21)18-9-17(7-8-20(18)35-5-2)36(33,34)30-12-16(13-30)29-10-15(11-29)14-31/h7-9,15-16H,4-6,10-14H2,1-3H3,(H,25,26,32);7-9,15-16,31H,4-6,10-14H2,1-3H3,(H,25,26,32). The Balaban J connectivity index is 0.000000184. The topological polar surface area (TPSA) is 299 Å². The normalized spacial score (nSPS) is 17.5. The molecular formula is C48H63N13O12S2. The third kappa shape index (κ3) is 10.5. The lowest BCUT2D eigenvalue weighted by Gasteiger charge is -2.51. The van der Waals surface area contributed by atoms with Crippen molar-refractivity contribution in [1.82, 2.24) is 57.9 Å². The summed E-state index contributed by atoms with van der Waals surface area (Å²) in [6, 6.07) is 9.47. The first kappa shape index (κ1) is 53.5. The summed E-state index contributed by atoms with van der Waals surface area (Å²) < 4.78 is 71.2. The number of hydrogen-bond donors (Lipinski definition) is 3. The molecule has 27 heteroatoms. The molecule has 0 amide bonds. The minimum atomic E-state index is -3.81. The number of aliphatic hydroxyl groups excluding tert-OH is 1. The van der Waals surface area contributed by atoms with Gasteiger partial charge in [0, 0.05) is 97.0 Å². The van der Waals surface area contributed by atoms with E-state index in [4.69, 9.17) is 19.4 Å². The molecule has 0 unspecified atom stereocenters. The Morgan fingerprint density at radius 1 is 0.667 bits per heavy atom. The summed E-state index contributed by atoms with van der Waals surface area (Å²) in [7, 11) is -4.15. The van der Waals surface area contributed by atoms with Gasteiger partial charge in [-0.25, -0.2) is 26.8 Å². The van der Waals surface area contributed by atoms with Crippen LogP contribution in [0.3, 0.4) is 0 Å². The highest BCUT2D eigenvalue weighted by atomic mass is 32.2. The second kappa shape index (κ2) is 21.7. The van der Waals surface area contributed by atoms with Crippen molar-refractivity contribution < 1.29 is 41.3 Å². The van der Waals surface area contributed by atoms with E-state index >= 15 is 0 Å². The fourth-order valence-electron chi connectivity index (χ4n) is 10.0. The van der Waals surface area contributed by atoms with Crippen molar-refractivity contribution in [3.05, 3.63) is 78.6 Å². The molecule has 3 N–H and O–H groups in total. The number of hydrogen-bond acceptors (Lipinski definition) is 18. The number of likely N-dealkylation sites (tertiary alicyclic amines) is 2. The summed E-state index contributed by atoms with van der Waals surface area (Å²) in [6.07, 6.45) is 3.00. The van der Waals surface area contributed by atoms with Gasteiger partial charge in [0.1, 0.15) is 40.8 Å². The maximum absolute atomic E-state index is 13.5. The van der Waals surface area contributed by atoms with Crippen LogP contribution in [-0.4, -0.2) is 176 Å². The summed E-state index contributed by atoms with van der Waals surface area (Å²) in [6.45, 7) is 13.0. The number of H-pyrrole nitrogens is 2. The van der Waals surface area contributed by atoms with Crippen molar-refractivity contribution in [2.45, 2.75) is 75.3 Å². The van der Waals surface area contributed by atoms with Crippen molar-refractivity contribution in [3.63, 3.8) is 0 Å². The van der Waals surface area contributed by atoms with Crippen LogP contribution in [0, 0.1) is 22.0 Å². The van der Waals surface area contributed by atoms with Gasteiger partial charge in [0.05, 0.1) is 45.5 Å². The van der Waals surface area contributed by atoms with E-state index in [1.54, 1.807) is 26.2 Å². The van der Waals surface area contributed by atoms with Crippen LogP contribution in [-0.2, 0) is 51.8 Å². The number of aromatic nitrogens is 8. The minimum Gasteiger partial charge on any atom is -0.493 e. The zero-order valence-electron chi connectivity index (χ0n) is 42.8. The molecule has 0 spiro atoms. The fourth-order valence-corrected chi connectivity index (χ4v) is 13.1. The molecule has 0 aliphatic carbocycles. The zero-order chi connectivity index (χ0) is 53.5. The third-order valence-electron chi connectivity index (χ3n) is 14.1. The smallest absolute Gasteiger partial charge is 0.294 e. The van der Waals surface area contributed by atoms with Crippen molar-refractivity contribution in [2.75, 3.05) is 78.8 Å². The van der Waals surface area contributed by atoms with Crippen LogP contribution in [0.4, 0.5) is 0 Å². The number of sulfonamides is 2. The highest BCUT2D eigenvalue weighted by molar-refractivity contribution is 7.89. The number of nitrogens with zero attached hydrogens (tertiary/aromatic N) is 11. The van der Waals surface area contributed by atoms with Gasteiger partial charge in [-0.15, -0.1) is 10.1 Å². The Morgan fingerprint density at radius 3 is 1.45 bits per heavy atom. The lowest BCUT2D eigenvalue weighted by molar-refractivity contribution is -0.759. The zero-order valence-corrected chi connectivity index (χ0v) is 44.4. The number of aromatic amines is 2. The van der Waals surface area contributed by atoms with E-state index in [1.165, 1.54) is 42.2 Å². The highest BCUT2D eigenvalue weighted by Crippen LogP contribution is 2.37. The maximum Gasteiger partial charge on any atom is 0.294 e. The maximum atomic E-state index is 13.5. The quantitative estimate of drug-likeness (QED) is 0.0729. The van der Waals surface area contributed by atoms with Gasteiger partial charge in [0.25, 0.3) is 16.2 Å². The Bertz CT molecular complexity index is 3450. The van der Waals surface area contributed by atoms with Crippen molar-refractivity contribution in [1.29, 1.82) is 0 Å². The number of aryl methyl sites for hydroxylation is 4. The number of benzene rings is 2. The SMILES string of the molecule is CCCc1nn(C)c2c(=O)[nH]c(-c3cc(S(=O)(=O)N4CC(N5CC(CO)C5)C4)ccc3OCC)nc12.CCCc1nn(C)c2c(=O)[nH]c(-c3cc(S(=O)(=O)N4CC(N5CC(CO[N+](=O)[O-])C5)C4)ccc3OCC)nc12. The Hall–Kier alpha value is -6.36. The first-order valence-electron chi connectivity index (χ1n) is 25.2. The molecule has 25 nitrogen and oxygen atoms in total. The van der Waals surface area contributed by atoms with Gasteiger partial charge < -0.3 is 29.4 Å². The molecule has 4 aliphatic heterocycles. The summed E-state index contributed by atoms with van der Waals surface area (Å²) in [5.74, 6) is 1.66. The summed E-state index contributed by atoms with van der Waals surface area (Å²) in [4.78, 5) is 60.2. The van der Waals surface area contributed by atoms with Crippen molar-refractivity contribution in [2.24, 2.45) is 25.9 Å². The monoisotopic (exact) mass is 1080 g/mol. The predicted molar refractivity (Wildman–Crippen MR) is 275 cm³/mol. The fraction of sp³-hybridized carbons (Fsp3) is 0.542. The summed E-state index contributed by atoms with van der Waals surface area (Å²) in [5.41, 5.74) is 3.23. The average Bonchev–Trinajstić information content (AvgIpc) is 3.81. The number of rotatable bonds is 20. The van der Waals surface area contributed by atoms with Crippen LogP contribution in [0.15, 0.2) is 55.8 Å². The minimum absolute atomic E-state index is 0.0497. The Labute approximate surface area is 432 Å². The van der Waals surface area contributed by atoms with E-state index in [-0.39, 0.29) is 69.7 Å². The first-order chi connectivity index (χ1) is 35.9. The summed E-state index contributed by atoms with van der Waals surface area (Å²) >= 11 is 0. The van der Waals surface area contributed by atoms with Gasteiger partial charge in [-0.2, -0.15) is 18.8 Å². The third-order valence-corrected chi connectivity index (χ3v) is 17.8. The lowest BCUT2D eigenvalue weighted by atomic mass is 9.96. The predicted octanol–water partition coefficient (Wildman–Crippen LogP) is 2.16. The van der Waals surface area contributed by atoms with Gasteiger partial charge in [-0.3, -0.25) is 28.8 Å². The number of ether oxygens (including phenoxy) is 2. The molecule has 6 aromatic rings. The second-order valence-electron chi connectivity index (χ2n) is 19.3. The first-order valence-corrected chi connectivity index (χ1v) is 28.1. The van der Waals surface area contributed by atoms with Gasteiger partial charge in [-0.05, 0) is 63.1 Å². The van der Waals surface area contributed by atoms with E-state index < -0.39 is 25.1 Å². The van der Waals surface area contributed by atoms with Crippen molar-refractivity contribution in [3.8, 4) is 34.3 Å². The van der Waals surface area contributed by atoms with Crippen LogP contribution in [0.5, 0.6) is 11.5 Å². The lowest BCUT2D eigenvalue weighted by Crippen LogP contribution is -2.66. The van der Waals surface area contributed by atoms with E-state index in [0.717, 1.165) is 31.6 Å². The van der Waals surface area contributed by atoms with Gasteiger partial charge >= 0.3 is 0 Å². The largest absolute Gasteiger partial charge is 0.493 e.